The number of rotatable bonds is 2. The molecule has 0 saturated heterocycles. The minimum absolute atomic E-state index is 0. The standard InChI is InChI=1S/C6H13.Li/c1-4-5-6(2)3;/h4-5H2,1-3H3;/q-1;+1. The molecule has 0 amide bonds. The van der Waals surface area contributed by atoms with Crippen LogP contribution >= 0.6 is 0 Å². The molecule has 0 N–H and O–H groups in total. The summed E-state index contributed by atoms with van der Waals surface area (Å²) >= 11 is 0. The van der Waals surface area contributed by atoms with Gasteiger partial charge >= 0.3 is 18.9 Å². The van der Waals surface area contributed by atoms with Crippen LogP contribution in [0.15, 0.2) is 0 Å². The Balaban J connectivity index is 0. The van der Waals surface area contributed by atoms with E-state index in [0.717, 1.165) is 0 Å². The van der Waals surface area contributed by atoms with E-state index in [9.17, 15) is 0 Å². The van der Waals surface area contributed by atoms with E-state index in [1.807, 2.05) is 0 Å². The van der Waals surface area contributed by atoms with Crippen molar-refractivity contribution >= 4 is 0 Å². The van der Waals surface area contributed by atoms with Gasteiger partial charge < -0.3 is 5.92 Å². The summed E-state index contributed by atoms with van der Waals surface area (Å²) in [6.45, 7) is 6.54. The maximum atomic E-state index is 2.20. The zero-order valence-corrected chi connectivity index (χ0v) is 5.91. The first-order valence-electron chi connectivity index (χ1n) is 2.56. The zero-order chi connectivity index (χ0) is 4.99. The van der Waals surface area contributed by atoms with E-state index in [0.29, 0.717) is 0 Å². The maximum Gasteiger partial charge on any atom is 1.00 e. The van der Waals surface area contributed by atoms with Crippen LogP contribution in [-0.4, -0.2) is 0 Å². The van der Waals surface area contributed by atoms with Crippen molar-refractivity contribution in [2.45, 2.75) is 33.6 Å². The van der Waals surface area contributed by atoms with Crippen molar-refractivity contribution in [2.24, 2.45) is 0 Å². The van der Waals surface area contributed by atoms with Gasteiger partial charge in [0.25, 0.3) is 0 Å². The molecule has 0 aromatic carbocycles. The topological polar surface area (TPSA) is 0 Å². The Hall–Kier alpha value is 0.597. The molecule has 0 aromatic heterocycles. The van der Waals surface area contributed by atoms with Crippen molar-refractivity contribution in [1.82, 2.24) is 0 Å². The van der Waals surface area contributed by atoms with E-state index in [1.54, 1.807) is 0 Å². The van der Waals surface area contributed by atoms with Crippen LogP contribution in [-0.2, 0) is 0 Å². The molecule has 0 radical (unpaired) electrons. The second-order valence-corrected chi connectivity index (χ2v) is 1.96. The van der Waals surface area contributed by atoms with Crippen LogP contribution in [0.1, 0.15) is 33.6 Å². The third kappa shape index (κ3) is 10.8. The van der Waals surface area contributed by atoms with Gasteiger partial charge in [0.2, 0.25) is 0 Å². The van der Waals surface area contributed by atoms with Gasteiger partial charge in [0, 0.05) is 0 Å². The molecule has 0 bridgehead atoms. The molecule has 1 heteroatoms. The van der Waals surface area contributed by atoms with Crippen LogP contribution < -0.4 is 18.9 Å². The molecule has 0 heterocycles. The molecule has 0 rings (SSSR count). The fourth-order valence-corrected chi connectivity index (χ4v) is 0.500. The molecule has 0 atom stereocenters. The molecule has 0 spiro atoms. The van der Waals surface area contributed by atoms with Crippen LogP contribution in [0.5, 0.6) is 0 Å². The van der Waals surface area contributed by atoms with Crippen LogP contribution in [0.4, 0.5) is 0 Å². The predicted molar refractivity (Wildman–Crippen MR) is 29.5 cm³/mol. The molecule has 0 aliphatic carbocycles. The molecular formula is C6H13Li. The second-order valence-electron chi connectivity index (χ2n) is 1.96. The summed E-state index contributed by atoms with van der Waals surface area (Å²) in [5.74, 6) is 1.54. The quantitative estimate of drug-likeness (QED) is 0.315. The van der Waals surface area contributed by atoms with Gasteiger partial charge in [-0.05, 0) is 0 Å². The fraction of sp³-hybridized carbons (Fsp3) is 0.833. The Kier molecular flexibility index (Phi) is 9.95. The summed E-state index contributed by atoms with van der Waals surface area (Å²) in [5.41, 5.74) is 0. The molecule has 0 aromatic rings. The molecule has 7 heavy (non-hydrogen) atoms. The van der Waals surface area contributed by atoms with E-state index >= 15 is 0 Å². The van der Waals surface area contributed by atoms with Crippen molar-refractivity contribution in [3.05, 3.63) is 5.92 Å². The summed E-state index contributed by atoms with van der Waals surface area (Å²) in [5, 5.41) is 0. The van der Waals surface area contributed by atoms with Gasteiger partial charge in [0.15, 0.2) is 0 Å². The van der Waals surface area contributed by atoms with E-state index in [2.05, 4.69) is 20.8 Å². The first kappa shape index (κ1) is 10.6. The monoisotopic (exact) mass is 92.1 g/mol. The predicted octanol–water partition coefficient (Wildman–Crippen LogP) is -0.595. The Bertz CT molecular complexity index is 25.4. The van der Waals surface area contributed by atoms with Gasteiger partial charge in [-0.15, -0.1) is 0 Å². The summed E-state index contributed by atoms with van der Waals surface area (Å²) in [7, 11) is 0. The normalized spacial score (nSPS) is 8.57. The Morgan fingerprint density at radius 1 is 1.29 bits per heavy atom. The third-order valence-electron chi connectivity index (χ3n) is 0.750. The molecule has 0 aliphatic rings. The summed E-state index contributed by atoms with van der Waals surface area (Å²) < 4.78 is 0. The first-order valence-corrected chi connectivity index (χ1v) is 2.56. The molecule has 38 valence electrons. The fourth-order valence-electron chi connectivity index (χ4n) is 0.500. The van der Waals surface area contributed by atoms with Gasteiger partial charge in [-0.25, -0.2) is 0 Å². The zero-order valence-electron chi connectivity index (χ0n) is 5.91. The SMILES string of the molecule is CCC[C-](C)C.[Li+]. The number of hydrogen-bond acceptors (Lipinski definition) is 0. The minimum Gasteiger partial charge on any atom is -0.320 e. The molecule has 0 aliphatic heterocycles. The van der Waals surface area contributed by atoms with E-state index < -0.39 is 0 Å². The van der Waals surface area contributed by atoms with Gasteiger partial charge in [0.1, 0.15) is 0 Å². The van der Waals surface area contributed by atoms with Crippen molar-refractivity contribution < 1.29 is 18.9 Å². The van der Waals surface area contributed by atoms with Crippen molar-refractivity contribution in [1.29, 1.82) is 0 Å². The Morgan fingerprint density at radius 3 is 1.71 bits per heavy atom. The molecule has 0 saturated carbocycles. The summed E-state index contributed by atoms with van der Waals surface area (Å²) in [6.07, 6.45) is 2.59. The van der Waals surface area contributed by atoms with Crippen molar-refractivity contribution in [2.75, 3.05) is 0 Å². The maximum absolute atomic E-state index is 2.20. The van der Waals surface area contributed by atoms with Crippen LogP contribution in [0.3, 0.4) is 0 Å². The average Bonchev–Trinajstić information content (AvgIpc) is 1.35. The smallest absolute Gasteiger partial charge is 0.320 e. The molecular weight excluding hydrogens is 79.0 g/mol. The molecule has 0 unspecified atom stereocenters. The van der Waals surface area contributed by atoms with Gasteiger partial charge in [-0.2, -0.15) is 20.3 Å². The van der Waals surface area contributed by atoms with E-state index in [4.69, 9.17) is 0 Å². The van der Waals surface area contributed by atoms with Gasteiger partial charge in [-0.1, -0.05) is 13.3 Å². The average molecular weight is 92.1 g/mol. The molecule has 0 nitrogen and oxygen atoms in total. The third-order valence-corrected chi connectivity index (χ3v) is 0.750. The second kappa shape index (κ2) is 6.60. The van der Waals surface area contributed by atoms with E-state index in [-0.39, 0.29) is 18.9 Å². The first-order chi connectivity index (χ1) is 2.77. The van der Waals surface area contributed by atoms with Crippen LogP contribution in [0.2, 0.25) is 0 Å². The Morgan fingerprint density at radius 2 is 1.71 bits per heavy atom. The van der Waals surface area contributed by atoms with Crippen molar-refractivity contribution in [3.8, 4) is 0 Å². The molecule has 0 fully saturated rings. The number of hydrogen-bond donors (Lipinski definition) is 0. The minimum atomic E-state index is 0. The van der Waals surface area contributed by atoms with Crippen LogP contribution in [0.25, 0.3) is 0 Å². The van der Waals surface area contributed by atoms with Crippen LogP contribution in [0, 0.1) is 5.92 Å². The van der Waals surface area contributed by atoms with Gasteiger partial charge in [-0.3, -0.25) is 0 Å². The van der Waals surface area contributed by atoms with E-state index in [1.165, 1.54) is 18.8 Å². The summed E-state index contributed by atoms with van der Waals surface area (Å²) in [4.78, 5) is 0. The van der Waals surface area contributed by atoms with Crippen molar-refractivity contribution in [3.63, 3.8) is 0 Å². The largest absolute Gasteiger partial charge is 1.00 e. The Labute approximate surface area is 58.9 Å². The summed E-state index contributed by atoms with van der Waals surface area (Å²) in [6, 6.07) is 0. The van der Waals surface area contributed by atoms with Gasteiger partial charge in [0.05, 0.1) is 0 Å².